The number of urea groups is 1. The average molecular weight is 348 g/mol. The number of rotatable bonds is 4. The van der Waals surface area contributed by atoms with Crippen LogP contribution in [0.5, 0.6) is 5.75 Å². The van der Waals surface area contributed by atoms with Crippen LogP contribution >= 0.6 is 0 Å². The number of hydrogen-bond acceptors (Lipinski definition) is 4. The first kappa shape index (κ1) is 16.6. The van der Waals surface area contributed by atoms with E-state index in [1.54, 1.807) is 7.11 Å². The molecule has 3 rings (SSSR count). The molecule has 24 heavy (non-hydrogen) atoms. The van der Waals surface area contributed by atoms with Crippen molar-refractivity contribution in [3.8, 4) is 5.75 Å². The molecule has 0 spiro atoms. The van der Waals surface area contributed by atoms with Gasteiger partial charge in [-0.05, 0) is 41.0 Å². The predicted molar refractivity (Wildman–Crippen MR) is 92.9 cm³/mol. The zero-order valence-corrected chi connectivity index (χ0v) is 14.2. The Hall–Kier alpha value is -2.28. The number of fused-ring (bicyclic) bond motifs is 1. The van der Waals surface area contributed by atoms with Gasteiger partial charge in [-0.3, -0.25) is 0 Å². The third-order valence-corrected chi connectivity index (χ3v) is 5.90. The molecule has 1 heterocycles. The molecule has 0 bridgehead atoms. The zero-order valence-electron chi connectivity index (χ0n) is 13.4. The Bertz CT molecular complexity index is 864. The summed E-state index contributed by atoms with van der Waals surface area (Å²) in [6.45, 7) is 0.382. The van der Waals surface area contributed by atoms with Crippen molar-refractivity contribution in [2.75, 3.05) is 18.6 Å². The highest BCUT2D eigenvalue weighted by molar-refractivity contribution is 7.91. The number of carbonyl (C=O) groups is 1. The van der Waals surface area contributed by atoms with Gasteiger partial charge >= 0.3 is 6.03 Å². The van der Waals surface area contributed by atoms with E-state index < -0.39 is 9.84 Å². The molecule has 1 saturated heterocycles. The van der Waals surface area contributed by atoms with Gasteiger partial charge < -0.3 is 15.4 Å². The minimum absolute atomic E-state index is 0.0260. The van der Waals surface area contributed by atoms with Crippen LogP contribution in [0.3, 0.4) is 0 Å². The molecule has 2 aromatic carbocycles. The average Bonchev–Trinajstić information content (AvgIpc) is 2.90. The van der Waals surface area contributed by atoms with E-state index in [0.717, 1.165) is 22.1 Å². The summed E-state index contributed by atoms with van der Waals surface area (Å²) in [6, 6.07) is 11.1. The van der Waals surface area contributed by atoms with Crippen LogP contribution in [0, 0.1) is 0 Å². The number of carbonyl (C=O) groups excluding carboxylic acids is 1. The highest BCUT2D eigenvalue weighted by atomic mass is 32.2. The molecule has 6 nitrogen and oxygen atoms in total. The number of sulfone groups is 1. The van der Waals surface area contributed by atoms with E-state index in [0.29, 0.717) is 13.0 Å². The molecule has 1 fully saturated rings. The maximum absolute atomic E-state index is 11.9. The molecule has 1 atom stereocenters. The van der Waals surface area contributed by atoms with Gasteiger partial charge in [-0.15, -0.1) is 0 Å². The van der Waals surface area contributed by atoms with E-state index in [2.05, 4.69) is 10.6 Å². The second kappa shape index (κ2) is 6.68. The van der Waals surface area contributed by atoms with Gasteiger partial charge in [0.15, 0.2) is 9.84 Å². The molecule has 7 heteroatoms. The third kappa shape index (κ3) is 3.97. The summed E-state index contributed by atoms with van der Waals surface area (Å²) >= 11 is 0. The van der Waals surface area contributed by atoms with Gasteiger partial charge in [0.1, 0.15) is 5.75 Å². The Morgan fingerprint density at radius 2 is 1.96 bits per heavy atom. The first-order valence-corrected chi connectivity index (χ1v) is 9.59. The van der Waals surface area contributed by atoms with Gasteiger partial charge in [0.2, 0.25) is 0 Å². The van der Waals surface area contributed by atoms with E-state index >= 15 is 0 Å². The van der Waals surface area contributed by atoms with Crippen molar-refractivity contribution >= 4 is 26.6 Å². The monoisotopic (exact) mass is 348 g/mol. The van der Waals surface area contributed by atoms with Gasteiger partial charge in [0, 0.05) is 12.6 Å². The second-order valence-electron chi connectivity index (χ2n) is 5.97. The van der Waals surface area contributed by atoms with Gasteiger partial charge in [-0.25, -0.2) is 13.2 Å². The summed E-state index contributed by atoms with van der Waals surface area (Å²) in [5.41, 5.74) is 0.974. The summed E-state index contributed by atoms with van der Waals surface area (Å²) in [5, 5.41) is 7.62. The van der Waals surface area contributed by atoms with Crippen LogP contribution in [-0.4, -0.2) is 39.1 Å². The van der Waals surface area contributed by atoms with Crippen LogP contribution in [-0.2, 0) is 16.4 Å². The highest BCUT2D eigenvalue weighted by Crippen LogP contribution is 2.21. The highest BCUT2D eigenvalue weighted by Gasteiger charge is 2.28. The maximum atomic E-state index is 11.9. The molecular weight excluding hydrogens is 328 g/mol. The molecule has 2 aromatic rings. The van der Waals surface area contributed by atoms with Crippen LogP contribution < -0.4 is 15.4 Å². The molecule has 0 saturated carbocycles. The van der Waals surface area contributed by atoms with Gasteiger partial charge in [-0.2, -0.15) is 0 Å². The van der Waals surface area contributed by atoms with Crippen LogP contribution in [0.25, 0.3) is 10.8 Å². The SMILES string of the molecule is COc1ccc2cc(CNC(=O)N[C@H]3CCS(=O)(=O)C3)ccc2c1. The minimum Gasteiger partial charge on any atom is -0.497 e. The summed E-state index contributed by atoms with van der Waals surface area (Å²) in [4.78, 5) is 11.9. The number of amides is 2. The fourth-order valence-electron chi connectivity index (χ4n) is 2.84. The Kier molecular flexibility index (Phi) is 4.62. The fraction of sp³-hybridized carbons (Fsp3) is 0.353. The zero-order chi connectivity index (χ0) is 17.2. The lowest BCUT2D eigenvalue weighted by atomic mass is 10.1. The topological polar surface area (TPSA) is 84.5 Å². The predicted octanol–water partition coefficient (Wildman–Crippen LogP) is 1.83. The number of methoxy groups -OCH3 is 1. The summed E-state index contributed by atoms with van der Waals surface area (Å²) in [6.07, 6.45) is 0.480. The van der Waals surface area contributed by atoms with Crippen LogP contribution in [0.2, 0.25) is 0 Å². The summed E-state index contributed by atoms with van der Waals surface area (Å²) < 4.78 is 28.0. The number of nitrogens with one attached hydrogen (secondary N) is 2. The van der Waals surface area contributed by atoms with Crippen LogP contribution in [0.15, 0.2) is 36.4 Å². The molecule has 0 aromatic heterocycles. The Morgan fingerprint density at radius 1 is 1.21 bits per heavy atom. The van der Waals surface area contributed by atoms with Crippen molar-refractivity contribution in [1.82, 2.24) is 10.6 Å². The number of hydrogen-bond donors (Lipinski definition) is 2. The molecular formula is C17H20N2O4S. The lowest BCUT2D eigenvalue weighted by Crippen LogP contribution is -2.42. The normalized spacial score (nSPS) is 19.1. The lowest BCUT2D eigenvalue weighted by Gasteiger charge is -2.12. The fourth-order valence-corrected chi connectivity index (χ4v) is 4.51. The van der Waals surface area contributed by atoms with Crippen molar-refractivity contribution in [2.45, 2.75) is 19.0 Å². The molecule has 0 unspecified atom stereocenters. The van der Waals surface area contributed by atoms with Gasteiger partial charge in [0.05, 0.1) is 18.6 Å². The first-order valence-electron chi connectivity index (χ1n) is 7.77. The number of benzene rings is 2. The minimum atomic E-state index is -2.99. The Morgan fingerprint density at radius 3 is 2.67 bits per heavy atom. The molecule has 1 aliphatic heterocycles. The van der Waals surface area contributed by atoms with Crippen molar-refractivity contribution in [1.29, 1.82) is 0 Å². The van der Waals surface area contributed by atoms with E-state index in [9.17, 15) is 13.2 Å². The second-order valence-corrected chi connectivity index (χ2v) is 8.20. The van der Waals surface area contributed by atoms with Crippen molar-refractivity contribution in [2.24, 2.45) is 0 Å². The van der Waals surface area contributed by atoms with Crippen molar-refractivity contribution in [3.63, 3.8) is 0 Å². The summed E-state index contributed by atoms with van der Waals surface area (Å²) in [5.74, 6) is 0.976. The Labute approximate surface area is 141 Å². The number of ether oxygens (including phenoxy) is 1. The molecule has 128 valence electrons. The third-order valence-electron chi connectivity index (χ3n) is 4.13. The van der Waals surface area contributed by atoms with Crippen molar-refractivity contribution in [3.05, 3.63) is 42.0 Å². The lowest BCUT2D eigenvalue weighted by molar-refractivity contribution is 0.237. The molecule has 2 amide bonds. The van der Waals surface area contributed by atoms with E-state index in [1.165, 1.54) is 0 Å². The molecule has 2 N–H and O–H groups in total. The quantitative estimate of drug-likeness (QED) is 0.883. The summed E-state index contributed by atoms with van der Waals surface area (Å²) in [7, 11) is -1.36. The van der Waals surface area contributed by atoms with Crippen LogP contribution in [0.4, 0.5) is 4.79 Å². The van der Waals surface area contributed by atoms with Gasteiger partial charge in [-0.1, -0.05) is 18.2 Å². The molecule has 0 radical (unpaired) electrons. The van der Waals surface area contributed by atoms with Crippen LogP contribution in [0.1, 0.15) is 12.0 Å². The molecule has 0 aliphatic carbocycles. The first-order chi connectivity index (χ1) is 11.4. The van der Waals surface area contributed by atoms with E-state index in [4.69, 9.17) is 4.74 Å². The van der Waals surface area contributed by atoms with E-state index in [1.807, 2.05) is 36.4 Å². The van der Waals surface area contributed by atoms with Gasteiger partial charge in [0.25, 0.3) is 0 Å². The van der Waals surface area contributed by atoms with E-state index in [-0.39, 0.29) is 23.6 Å². The maximum Gasteiger partial charge on any atom is 0.315 e. The largest absolute Gasteiger partial charge is 0.497 e. The smallest absolute Gasteiger partial charge is 0.315 e. The standard InChI is InChI=1S/C17H20N2O4S/c1-23-16-5-4-13-8-12(2-3-14(13)9-16)10-18-17(20)19-15-6-7-24(21,22)11-15/h2-5,8-9,15H,6-7,10-11H2,1H3,(H2,18,19,20)/t15-/m0/s1. The molecule has 1 aliphatic rings. The Balaban J connectivity index is 1.58. The van der Waals surface area contributed by atoms with Crippen molar-refractivity contribution < 1.29 is 17.9 Å².